The number of amidine groups is 1. The molecule has 0 aromatic heterocycles. The molecule has 1 fully saturated rings. The quantitative estimate of drug-likeness (QED) is 0.931. The van der Waals surface area contributed by atoms with Crippen LogP contribution < -0.4 is 10.1 Å². The van der Waals surface area contributed by atoms with Gasteiger partial charge in [-0.15, -0.1) is 0 Å². The summed E-state index contributed by atoms with van der Waals surface area (Å²) in [6.07, 6.45) is 5.13. The first-order chi connectivity index (χ1) is 9.81. The molecule has 1 aromatic rings. The van der Waals surface area contributed by atoms with Gasteiger partial charge in [0, 0.05) is 11.3 Å². The number of nitrogens with one attached hydrogen (secondary N) is 1. The van der Waals surface area contributed by atoms with E-state index in [0.717, 1.165) is 36.1 Å². The molecule has 1 saturated carbocycles. The van der Waals surface area contributed by atoms with Crippen LogP contribution in [0.1, 0.15) is 36.0 Å². The van der Waals surface area contributed by atoms with Crippen LogP contribution in [0.3, 0.4) is 0 Å². The van der Waals surface area contributed by atoms with E-state index in [0.29, 0.717) is 11.7 Å². The van der Waals surface area contributed by atoms with Gasteiger partial charge in [-0.05, 0) is 49.9 Å². The van der Waals surface area contributed by atoms with Crippen molar-refractivity contribution in [3.63, 3.8) is 0 Å². The summed E-state index contributed by atoms with van der Waals surface area (Å²) in [7, 11) is 0. The largest absolute Gasteiger partial charge is 0.490 e. The van der Waals surface area contributed by atoms with E-state index in [1.807, 2.05) is 12.1 Å². The Morgan fingerprint density at radius 3 is 2.65 bits per heavy atom. The molecular weight excluding hydrogens is 272 g/mol. The number of ether oxygens (including phenoxy) is 1. The standard InChI is InChI=1S/C15H18N2O2S/c18-14(17-15-16-9-10-20-15)11-5-7-13(8-6-11)19-12-3-1-2-4-12/h5-8,12H,1-4,9-10H2,(H,16,17,18). The van der Waals surface area contributed by atoms with Gasteiger partial charge in [0.15, 0.2) is 5.17 Å². The molecule has 1 heterocycles. The highest BCUT2D eigenvalue weighted by Crippen LogP contribution is 2.24. The first-order valence-corrected chi connectivity index (χ1v) is 8.05. The highest BCUT2D eigenvalue weighted by Gasteiger charge is 2.17. The lowest BCUT2D eigenvalue weighted by Crippen LogP contribution is -2.27. The molecular formula is C15H18N2O2S. The maximum atomic E-state index is 12.0. The van der Waals surface area contributed by atoms with E-state index in [1.165, 1.54) is 12.8 Å². The molecule has 1 aromatic carbocycles. The van der Waals surface area contributed by atoms with Crippen molar-refractivity contribution in [3.8, 4) is 5.75 Å². The Morgan fingerprint density at radius 1 is 1.25 bits per heavy atom. The molecule has 0 bridgehead atoms. The average Bonchev–Trinajstić information content (AvgIpc) is 3.13. The topological polar surface area (TPSA) is 50.7 Å². The van der Waals surface area contributed by atoms with E-state index in [9.17, 15) is 4.79 Å². The van der Waals surface area contributed by atoms with Crippen LogP contribution in [0, 0.1) is 0 Å². The van der Waals surface area contributed by atoms with Gasteiger partial charge in [-0.1, -0.05) is 11.8 Å². The summed E-state index contributed by atoms with van der Waals surface area (Å²) in [5.41, 5.74) is 0.638. The normalized spacial score (nSPS) is 18.9. The number of amides is 1. The van der Waals surface area contributed by atoms with Crippen molar-refractivity contribution in [3.05, 3.63) is 29.8 Å². The van der Waals surface area contributed by atoms with E-state index in [4.69, 9.17) is 4.74 Å². The van der Waals surface area contributed by atoms with Crippen molar-refractivity contribution in [2.75, 3.05) is 12.3 Å². The van der Waals surface area contributed by atoms with Crippen LogP contribution in [-0.4, -0.2) is 29.5 Å². The zero-order valence-electron chi connectivity index (χ0n) is 11.3. The number of thioether (sulfide) groups is 1. The lowest BCUT2D eigenvalue weighted by atomic mass is 10.2. The van der Waals surface area contributed by atoms with Gasteiger partial charge in [0.1, 0.15) is 5.75 Å². The Labute approximate surface area is 123 Å². The van der Waals surface area contributed by atoms with Crippen molar-refractivity contribution in [1.29, 1.82) is 0 Å². The first kappa shape index (κ1) is 13.5. The third kappa shape index (κ3) is 3.33. The molecule has 1 aliphatic heterocycles. The fourth-order valence-electron chi connectivity index (χ4n) is 2.46. The Kier molecular flexibility index (Phi) is 4.25. The minimum Gasteiger partial charge on any atom is -0.490 e. The predicted octanol–water partition coefficient (Wildman–Crippen LogP) is 2.84. The predicted molar refractivity (Wildman–Crippen MR) is 81.6 cm³/mol. The summed E-state index contributed by atoms with van der Waals surface area (Å²) in [5.74, 6) is 1.69. The molecule has 0 spiro atoms. The molecule has 1 amide bonds. The molecule has 1 N–H and O–H groups in total. The third-order valence-electron chi connectivity index (χ3n) is 3.53. The zero-order chi connectivity index (χ0) is 13.8. The van der Waals surface area contributed by atoms with Gasteiger partial charge in [0.2, 0.25) is 0 Å². The molecule has 0 saturated heterocycles. The zero-order valence-corrected chi connectivity index (χ0v) is 12.1. The Bertz CT molecular complexity index is 507. The van der Waals surface area contributed by atoms with E-state index >= 15 is 0 Å². The highest BCUT2D eigenvalue weighted by atomic mass is 32.2. The summed E-state index contributed by atoms with van der Waals surface area (Å²) in [6, 6.07) is 7.35. The highest BCUT2D eigenvalue weighted by molar-refractivity contribution is 8.14. The number of carbonyl (C=O) groups is 1. The van der Waals surface area contributed by atoms with Crippen LogP contribution in [0.2, 0.25) is 0 Å². The molecule has 5 heteroatoms. The summed E-state index contributed by atoms with van der Waals surface area (Å²) >= 11 is 1.58. The van der Waals surface area contributed by atoms with Crippen LogP contribution >= 0.6 is 11.8 Å². The molecule has 0 radical (unpaired) electrons. The SMILES string of the molecule is O=C(NC1=NCCS1)c1ccc(OC2CCCC2)cc1. The first-order valence-electron chi connectivity index (χ1n) is 7.06. The number of benzene rings is 1. The van der Waals surface area contributed by atoms with Crippen LogP contribution in [0.15, 0.2) is 29.3 Å². The molecule has 3 rings (SSSR count). The van der Waals surface area contributed by atoms with E-state index in [-0.39, 0.29) is 5.91 Å². The fourth-order valence-corrected chi connectivity index (χ4v) is 3.19. The number of hydrogen-bond donors (Lipinski definition) is 1. The monoisotopic (exact) mass is 290 g/mol. The lowest BCUT2D eigenvalue weighted by Gasteiger charge is -2.13. The van der Waals surface area contributed by atoms with E-state index in [2.05, 4.69) is 10.3 Å². The average molecular weight is 290 g/mol. The molecule has 4 nitrogen and oxygen atoms in total. The lowest BCUT2D eigenvalue weighted by molar-refractivity contribution is 0.0978. The second-order valence-electron chi connectivity index (χ2n) is 5.04. The maximum absolute atomic E-state index is 12.0. The number of nitrogens with zero attached hydrogens (tertiary/aromatic N) is 1. The Morgan fingerprint density at radius 2 is 2.00 bits per heavy atom. The van der Waals surface area contributed by atoms with Crippen LogP contribution in [0.5, 0.6) is 5.75 Å². The van der Waals surface area contributed by atoms with Gasteiger partial charge in [-0.3, -0.25) is 9.79 Å². The summed E-state index contributed by atoms with van der Waals surface area (Å²) in [5, 5.41) is 3.54. The van der Waals surface area contributed by atoms with Crippen molar-refractivity contribution >= 4 is 22.8 Å². The van der Waals surface area contributed by atoms with Gasteiger partial charge in [0.25, 0.3) is 5.91 Å². The van der Waals surface area contributed by atoms with Crippen molar-refractivity contribution in [1.82, 2.24) is 5.32 Å². The molecule has 2 aliphatic rings. The molecule has 1 aliphatic carbocycles. The Hall–Kier alpha value is -1.49. The number of hydrogen-bond acceptors (Lipinski definition) is 4. The third-order valence-corrected chi connectivity index (χ3v) is 4.42. The van der Waals surface area contributed by atoms with Crippen molar-refractivity contribution in [2.24, 2.45) is 4.99 Å². The Balaban J connectivity index is 1.58. The van der Waals surface area contributed by atoms with Crippen molar-refractivity contribution in [2.45, 2.75) is 31.8 Å². The minimum absolute atomic E-state index is 0.106. The van der Waals surface area contributed by atoms with Crippen LogP contribution in [0.4, 0.5) is 0 Å². The van der Waals surface area contributed by atoms with Gasteiger partial charge in [0.05, 0.1) is 12.6 Å². The second kappa shape index (κ2) is 6.31. The van der Waals surface area contributed by atoms with Gasteiger partial charge >= 0.3 is 0 Å². The van der Waals surface area contributed by atoms with Crippen LogP contribution in [-0.2, 0) is 0 Å². The summed E-state index contributed by atoms with van der Waals surface area (Å²) < 4.78 is 5.88. The summed E-state index contributed by atoms with van der Waals surface area (Å²) in [4.78, 5) is 16.2. The van der Waals surface area contributed by atoms with E-state index in [1.54, 1.807) is 23.9 Å². The van der Waals surface area contributed by atoms with Crippen molar-refractivity contribution < 1.29 is 9.53 Å². The maximum Gasteiger partial charge on any atom is 0.257 e. The molecule has 0 unspecified atom stereocenters. The van der Waals surface area contributed by atoms with Gasteiger partial charge < -0.3 is 10.1 Å². The van der Waals surface area contributed by atoms with E-state index < -0.39 is 0 Å². The smallest absolute Gasteiger partial charge is 0.257 e. The summed E-state index contributed by atoms with van der Waals surface area (Å²) in [6.45, 7) is 0.786. The number of aliphatic imine (C=N–C) groups is 1. The molecule has 20 heavy (non-hydrogen) atoms. The van der Waals surface area contributed by atoms with Gasteiger partial charge in [-0.2, -0.15) is 0 Å². The number of rotatable bonds is 3. The molecule has 0 atom stereocenters. The van der Waals surface area contributed by atoms with Gasteiger partial charge in [-0.25, -0.2) is 0 Å². The second-order valence-corrected chi connectivity index (χ2v) is 6.12. The minimum atomic E-state index is -0.106. The van der Waals surface area contributed by atoms with Crippen LogP contribution in [0.25, 0.3) is 0 Å². The molecule has 106 valence electrons. The fraction of sp³-hybridized carbons (Fsp3) is 0.467. The number of carbonyl (C=O) groups excluding carboxylic acids is 1.